The fourth-order valence-electron chi connectivity index (χ4n) is 4.04. The van der Waals surface area contributed by atoms with Gasteiger partial charge in [-0.3, -0.25) is 4.98 Å². The molecule has 3 rings (SSSR count). The fraction of sp³-hybridized carbons (Fsp3) is 0.522. The number of pyridine rings is 1. The molecule has 2 aliphatic rings. The van der Waals surface area contributed by atoms with Gasteiger partial charge in [0.2, 0.25) is 0 Å². The van der Waals surface area contributed by atoms with Crippen molar-refractivity contribution in [2.75, 3.05) is 0 Å². The number of nitrogens with one attached hydrogen (secondary N) is 1. The van der Waals surface area contributed by atoms with Crippen molar-refractivity contribution in [3.63, 3.8) is 0 Å². The Labute approximate surface area is 177 Å². The Morgan fingerprint density at radius 2 is 2.10 bits per heavy atom. The number of allylic oxidation sites excluding steroid dienone is 2. The number of aromatic nitrogens is 1. The number of amides is 1. The second-order valence-corrected chi connectivity index (χ2v) is 7.99. The second kappa shape index (κ2) is 10.9. The van der Waals surface area contributed by atoms with Crippen molar-refractivity contribution in [1.82, 2.24) is 10.3 Å². The molecule has 1 aliphatic carbocycles. The van der Waals surface area contributed by atoms with Crippen LogP contribution in [0.15, 0.2) is 48.8 Å². The molecule has 7 nitrogen and oxygen atoms in total. The first-order valence-electron chi connectivity index (χ1n) is 10.6. The van der Waals surface area contributed by atoms with Crippen molar-refractivity contribution in [2.24, 2.45) is 11.8 Å². The number of alkyl carbamates (subject to hydrolysis) is 1. The van der Waals surface area contributed by atoms with E-state index in [2.05, 4.69) is 22.5 Å². The van der Waals surface area contributed by atoms with Crippen LogP contribution in [0, 0.1) is 11.8 Å². The summed E-state index contributed by atoms with van der Waals surface area (Å²) in [4.78, 5) is 28.1. The van der Waals surface area contributed by atoms with Crippen molar-refractivity contribution < 1.29 is 24.2 Å². The minimum atomic E-state index is -0.809. The fourth-order valence-corrected chi connectivity index (χ4v) is 4.04. The van der Waals surface area contributed by atoms with Crippen molar-refractivity contribution in [3.8, 4) is 0 Å². The van der Waals surface area contributed by atoms with E-state index in [0.717, 1.165) is 24.8 Å². The summed E-state index contributed by atoms with van der Waals surface area (Å²) in [6.45, 7) is 2.24. The summed E-state index contributed by atoms with van der Waals surface area (Å²) in [5.74, 6) is -0.482. The van der Waals surface area contributed by atoms with Crippen LogP contribution in [0.5, 0.6) is 0 Å². The number of hydrogen-bond donors (Lipinski definition) is 2. The van der Waals surface area contributed by atoms with E-state index in [-0.39, 0.29) is 24.0 Å². The van der Waals surface area contributed by atoms with E-state index in [9.17, 15) is 14.7 Å². The van der Waals surface area contributed by atoms with Crippen LogP contribution in [0.2, 0.25) is 0 Å². The highest BCUT2D eigenvalue weighted by Crippen LogP contribution is 2.38. The molecule has 0 radical (unpaired) electrons. The first kappa shape index (κ1) is 22.0. The topological polar surface area (TPSA) is 97.8 Å². The van der Waals surface area contributed by atoms with E-state index in [1.54, 1.807) is 12.4 Å². The molecule has 0 aromatic carbocycles. The summed E-state index contributed by atoms with van der Waals surface area (Å²) in [6, 6.07) is 3.66. The molecule has 1 amide bonds. The number of ether oxygens (including phenoxy) is 2. The summed E-state index contributed by atoms with van der Waals surface area (Å²) < 4.78 is 10.9. The van der Waals surface area contributed by atoms with Gasteiger partial charge in [-0.15, -0.1) is 0 Å². The number of hydrogen-bond acceptors (Lipinski definition) is 6. The lowest BCUT2D eigenvalue weighted by Crippen LogP contribution is -2.28. The molecule has 0 unspecified atom stereocenters. The highest BCUT2D eigenvalue weighted by Gasteiger charge is 2.38. The first-order chi connectivity index (χ1) is 14.5. The number of cyclic esters (lactones) is 1. The number of aliphatic hydroxyl groups is 1. The Balaban J connectivity index is 1.58. The van der Waals surface area contributed by atoms with Crippen molar-refractivity contribution in [1.29, 1.82) is 0 Å². The van der Waals surface area contributed by atoms with E-state index in [1.807, 2.05) is 19.1 Å². The number of aliphatic hydroxyl groups excluding tert-OH is 1. The smallest absolute Gasteiger partial charge is 0.407 e. The lowest BCUT2D eigenvalue weighted by Gasteiger charge is -2.19. The van der Waals surface area contributed by atoms with Gasteiger partial charge >= 0.3 is 12.1 Å². The quantitative estimate of drug-likeness (QED) is 0.582. The maximum absolute atomic E-state index is 12.2. The predicted octanol–water partition coefficient (Wildman–Crippen LogP) is 3.29. The van der Waals surface area contributed by atoms with Gasteiger partial charge in [0.15, 0.2) is 0 Å². The van der Waals surface area contributed by atoms with Crippen LogP contribution in [-0.4, -0.2) is 40.5 Å². The van der Waals surface area contributed by atoms with Crippen LogP contribution < -0.4 is 5.32 Å². The number of carbonyl (C=O) groups is 2. The molecule has 1 saturated carbocycles. The van der Waals surface area contributed by atoms with Gasteiger partial charge in [-0.25, -0.2) is 9.59 Å². The molecule has 7 heteroatoms. The highest BCUT2D eigenvalue weighted by molar-refractivity contribution is 5.82. The average molecular weight is 415 g/mol. The number of rotatable bonds is 3. The third-order valence-electron chi connectivity index (χ3n) is 5.63. The zero-order chi connectivity index (χ0) is 21.3. The molecule has 1 aromatic rings. The van der Waals surface area contributed by atoms with Crippen molar-refractivity contribution in [2.45, 2.75) is 63.9 Å². The summed E-state index contributed by atoms with van der Waals surface area (Å²) >= 11 is 0. The van der Waals surface area contributed by atoms with Crippen LogP contribution in [-0.2, 0) is 20.8 Å². The van der Waals surface area contributed by atoms with Gasteiger partial charge in [-0.1, -0.05) is 12.2 Å². The zero-order valence-corrected chi connectivity index (χ0v) is 17.3. The number of nitrogens with zero attached hydrogens (tertiary/aromatic N) is 1. The molecule has 0 spiro atoms. The molecule has 1 fully saturated rings. The Bertz CT molecular complexity index is 764. The van der Waals surface area contributed by atoms with Gasteiger partial charge in [0.1, 0.15) is 6.10 Å². The van der Waals surface area contributed by atoms with Crippen LogP contribution >= 0.6 is 0 Å². The lowest BCUT2D eigenvalue weighted by molar-refractivity contribution is -0.142. The monoisotopic (exact) mass is 414 g/mol. The number of fused-ring (bicyclic) bond motifs is 1. The summed E-state index contributed by atoms with van der Waals surface area (Å²) in [7, 11) is 0. The van der Waals surface area contributed by atoms with E-state index in [4.69, 9.17) is 9.47 Å². The molecular weight excluding hydrogens is 384 g/mol. The minimum absolute atomic E-state index is 0.0804. The zero-order valence-electron chi connectivity index (χ0n) is 17.3. The third kappa shape index (κ3) is 6.69. The van der Waals surface area contributed by atoms with E-state index in [0.29, 0.717) is 19.4 Å². The number of carbonyl (C=O) groups excluding carboxylic acids is 2. The molecule has 5 atom stereocenters. The standard InChI is InChI=1S/C23H30N2O5/c1-16-5-3-2-4-6-18-13-19(14-20(18)21(26)7-8-22(27)29-16)30-23(28)25-15-17-9-11-24-12-10-17/h4,6-12,16,18-21,26H,2-3,5,13-15H2,1H3,(H,25,28)/b6-4+,8-7+/t16-,18+,19-,20+,21+/m0/s1. The van der Waals surface area contributed by atoms with Crippen LogP contribution in [0.1, 0.15) is 44.6 Å². The summed E-state index contributed by atoms with van der Waals surface area (Å²) in [5, 5.41) is 13.4. The second-order valence-electron chi connectivity index (χ2n) is 7.99. The molecule has 162 valence electrons. The normalized spacial score (nSPS) is 31.8. The van der Waals surface area contributed by atoms with Crippen LogP contribution in [0.25, 0.3) is 0 Å². The third-order valence-corrected chi connectivity index (χ3v) is 5.63. The molecule has 30 heavy (non-hydrogen) atoms. The Hall–Kier alpha value is -2.67. The van der Waals surface area contributed by atoms with Crippen LogP contribution in [0.3, 0.4) is 0 Å². The maximum Gasteiger partial charge on any atom is 0.407 e. The van der Waals surface area contributed by atoms with Gasteiger partial charge in [0.05, 0.1) is 12.2 Å². The Kier molecular flexibility index (Phi) is 8.02. The first-order valence-corrected chi connectivity index (χ1v) is 10.6. The SMILES string of the molecule is C[C@H]1CCC/C=C/[C@@H]2C[C@H](OC(=O)NCc3ccncc3)C[C@H]2[C@H](O)/C=C/C(=O)O1. The van der Waals surface area contributed by atoms with Gasteiger partial charge in [-0.2, -0.15) is 0 Å². The molecular formula is C23H30N2O5. The largest absolute Gasteiger partial charge is 0.460 e. The van der Waals surface area contributed by atoms with Gasteiger partial charge in [0, 0.05) is 25.0 Å². The van der Waals surface area contributed by atoms with E-state index < -0.39 is 18.2 Å². The molecule has 0 bridgehead atoms. The summed E-state index contributed by atoms with van der Waals surface area (Å²) in [5.41, 5.74) is 0.940. The lowest BCUT2D eigenvalue weighted by atomic mass is 9.90. The maximum atomic E-state index is 12.2. The molecule has 1 aliphatic heterocycles. The molecule has 2 N–H and O–H groups in total. The van der Waals surface area contributed by atoms with Crippen LogP contribution in [0.4, 0.5) is 4.79 Å². The van der Waals surface area contributed by atoms with E-state index >= 15 is 0 Å². The molecule has 2 heterocycles. The minimum Gasteiger partial charge on any atom is -0.460 e. The molecule has 1 aromatic heterocycles. The van der Waals surface area contributed by atoms with Gasteiger partial charge in [-0.05, 0) is 74.6 Å². The predicted molar refractivity (Wildman–Crippen MR) is 111 cm³/mol. The van der Waals surface area contributed by atoms with E-state index in [1.165, 1.54) is 12.2 Å². The molecule has 0 saturated heterocycles. The summed E-state index contributed by atoms with van der Waals surface area (Å²) in [6.07, 6.45) is 12.4. The number of esters is 1. The highest BCUT2D eigenvalue weighted by atomic mass is 16.6. The van der Waals surface area contributed by atoms with Gasteiger partial charge < -0.3 is 19.9 Å². The van der Waals surface area contributed by atoms with Gasteiger partial charge in [0.25, 0.3) is 0 Å². The average Bonchev–Trinajstić information content (AvgIpc) is 3.13. The Morgan fingerprint density at radius 3 is 2.90 bits per heavy atom. The Morgan fingerprint density at radius 1 is 1.30 bits per heavy atom. The van der Waals surface area contributed by atoms with Crippen molar-refractivity contribution >= 4 is 12.1 Å². The van der Waals surface area contributed by atoms with Crippen molar-refractivity contribution in [3.05, 3.63) is 54.4 Å².